The van der Waals surface area contributed by atoms with Crippen LogP contribution in [0.3, 0.4) is 0 Å². The molecule has 0 bridgehead atoms. The van der Waals surface area contributed by atoms with Crippen LogP contribution in [0.4, 0.5) is 0 Å². The average Bonchev–Trinajstić information content (AvgIpc) is 3.74. The van der Waals surface area contributed by atoms with E-state index < -0.39 is 0 Å². The number of rotatable bonds is 2. The first-order chi connectivity index (χ1) is 22.8. The predicted molar refractivity (Wildman–Crippen MR) is 191 cm³/mol. The lowest BCUT2D eigenvalue weighted by atomic mass is 9.84. The summed E-state index contributed by atoms with van der Waals surface area (Å²) in [6.45, 7) is 0. The van der Waals surface area contributed by atoms with Crippen molar-refractivity contribution >= 4 is 75.9 Å². The molecule has 0 aliphatic carbocycles. The summed E-state index contributed by atoms with van der Waals surface area (Å²) in [5, 5.41) is 15.1. The molecule has 0 spiro atoms. The largest absolute Gasteiger partial charge is 0.300 e. The zero-order valence-electron chi connectivity index (χ0n) is 24.6. The Bertz CT molecular complexity index is 2830. The monoisotopic (exact) mass is 584 g/mol. The zero-order valence-corrected chi connectivity index (χ0v) is 24.6. The van der Waals surface area contributed by atoms with Gasteiger partial charge >= 0.3 is 0 Å². The summed E-state index contributed by atoms with van der Waals surface area (Å²) >= 11 is 0. The molecule has 0 saturated carbocycles. The number of nitrogens with zero attached hydrogens (tertiary/aromatic N) is 4. The molecule has 0 atom stereocenters. The lowest BCUT2D eigenvalue weighted by molar-refractivity contribution is 1.19. The van der Waals surface area contributed by atoms with E-state index in [9.17, 15) is 0 Å². The van der Waals surface area contributed by atoms with Gasteiger partial charge in [-0.25, -0.2) is 9.97 Å². The first-order valence-electron chi connectivity index (χ1n) is 15.7. The van der Waals surface area contributed by atoms with E-state index in [2.05, 4.69) is 130 Å². The molecule has 7 aromatic carbocycles. The van der Waals surface area contributed by atoms with Gasteiger partial charge in [0.2, 0.25) is 0 Å². The number of pyridine rings is 2. The molecule has 0 aliphatic heterocycles. The number of fused-ring (bicyclic) bond motifs is 7. The van der Waals surface area contributed by atoms with Gasteiger partial charge in [0.05, 0.1) is 23.8 Å². The van der Waals surface area contributed by atoms with Crippen molar-refractivity contribution in [3.05, 3.63) is 146 Å². The highest BCUT2D eigenvalue weighted by molar-refractivity contribution is 6.36. The Morgan fingerprint density at radius 2 is 0.826 bits per heavy atom. The van der Waals surface area contributed by atoms with Crippen molar-refractivity contribution in [1.29, 1.82) is 0 Å². The van der Waals surface area contributed by atoms with Crippen molar-refractivity contribution in [3.8, 4) is 22.5 Å². The van der Waals surface area contributed by atoms with E-state index >= 15 is 0 Å². The van der Waals surface area contributed by atoms with Gasteiger partial charge in [0.25, 0.3) is 0 Å². The normalized spacial score (nSPS) is 12.3. The van der Waals surface area contributed by atoms with E-state index in [0.29, 0.717) is 0 Å². The molecule has 4 aromatic heterocycles. The van der Waals surface area contributed by atoms with Gasteiger partial charge < -0.3 is 0 Å². The third-order valence-corrected chi connectivity index (χ3v) is 9.97. The molecule has 0 fully saturated rings. The van der Waals surface area contributed by atoms with Gasteiger partial charge in [0, 0.05) is 23.5 Å². The molecule has 46 heavy (non-hydrogen) atoms. The molecule has 0 radical (unpaired) electrons. The van der Waals surface area contributed by atoms with Crippen LogP contribution in [-0.4, -0.2) is 18.8 Å². The van der Waals surface area contributed by atoms with Crippen molar-refractivity contribution in [2.24, 2.45) is 0 Å². The summed E-state index contributed by atoms with van der Waals surface area (Å²) in [5.41, 5.74) is 6.41. The number of aromatic nitrogens is 4. The summed E-state index contributed by atoms with van der Waals surface area (Å²) < 4.78 is 4.43. The fourth-order valence-corrected chi connectivity index (χ4v) is 8.06. The van der Waals surface area contributed by atoms with Gasteiger partial charge in [0.15, 0.2) is 0 Å². The van der Waals surface area contributed by atoms with E-state index in [1.807, 2.05) is 24.5 Å². The Kier molecular flexibility index (Phi) is 4.55. The van der Waals surface area contributed by atoms with Gasteiger partial charge in [-0.05, 0) is 101 Å². The molecule has 11 rings (SSSR count). The fraction of sp³-hybridized carbons (Fsp3) is 0. The summed E-state index contributed by atoms with van der Waals surface area (Å²) in [6, 6.07) is 44.1. The Labute approximate surface area is 262 Å². The quantitative estimate of drug-likeness (QED) is 0.150. The smallest absolute Gasteiger partial charge is 0.137 e. The van der Waals surface area contributed by atoms with Crippen LogP contribution in [0.1, 0.15) is 0 Å². The van der Waals surface area contributed by atoms with Crippen molar-refractivity contribution in [2.75, 3.05) is 0 Å². The van der Waals surface area contributed by atoms with Gasteiger partial charge in [0.1, 0.15) is 11.3 Å². The van der Waals surface area contributed by atoms with Gasteiger partial charge in [-0.15, -0.1) is 0 Å². The van der Waals surface area contributed by atoms with Crippen LogP contribution < -0.4 is 0 Å². The van der Waals surface area contributed by atoms with Crippen LogP contribution in [0.5, 0.6) is 0 Å². The number of hydrogen-bond acceptors (Lipinski definition) is 2. The van der Waals surface area contributed by atoms with Crippen LogP contribution >= 0.6 is 0 Å². The predicted octanol–water partition coefficient (Wildman–Crippen LogP) is 10.7. The highest BCUT2D eigenvalue weighted by Crippen LogP contribution is 2.48. The van der Waals surface area contributed by atoms with Crippen molar-refractivity contribution in [2.45, 2.75) is 0 Å². The minimum Gasteiger partial charge on any atom is -0.300 e. The molecule has 4 heterocycles. The van der Waals surface area contributed by atoms with Gasteiger partial charge in [-0.2, -0.15) is 0 Å². The molecule has 11 aromatic rings. The van der Waals surface area contributed by atoms with Crippen LogP contribution in [0.25, 0.3) is 98.4 Å². The third-order valence-electron chi connectivity index (χ3n) is 9.97. The first kappa shape index (κ1) is 24.1. The van der Waals surface area contributed by atoms with Gasteiger partial charge in [-0.3, -0.25) is 8.80 Å². The maximum Gasteiger partial charge on any atom is 0.137 e. The lowest BCUT2D eigenvalue weighted by Gasteiger charge is -2.20. The molecular weight excluding hydrogens is 560 g/mol. The van der Waals surface area contributed by atoms with Gasteiger partial charge in [-0.1, -0.05) is 84.9 Å². The molecular formula is C42H24N4. The third kappa shape index (κ3) is 3.03. The molecule has 0 amide bonds. The summed E-state index contributed by atoms with van der Waals surface area (Å²) in [4.78, 5) is 9.69. The van der Waals surface area contributed by atoms with Crippen molar-refractivity contribution in [1.82, 2.24) is 18.8 Å². The number of benzene rings is 7. The molecule has 0 aliphatic rings. The van der Waals surface area contributed by atoms with Crippen molar-refractivity contribution < 1.29 is 0 Å². The number of imidazole rings is 2. The minimum absolute atomic E-state index is 0.934. The van der Waals surface area contributed by atoms with E-state index in [0.717, 1.165) is 22.7 Å². The Hall–Kier alpha value is -6.26. The number of hydrogen-bond donors (Lipinski definition) is 0. The zero-order chi connectivity index (χ0) is 29.9. The molecule has 4 heteroatoms. The van der Waals surface area contributed by atoms with Crippen LogP contribution in [0.15, 0.2) is 146 Å². The average molecular weight is 585 g/mol. The van der Waals surface area contributed by atoms with Crippen LogP contribution in [0, 0.1) is 0 Å². The summed E-state index contributed by atoms with van der Waals surface area (Å²) in [7, 11) is 0. The fourth-order valence-electron chi connectivity index (χ4n) is 8.06. The molecule has 4 nitrogen and oxygen atoms in total. The lowest BCUT2D eigenvalue weighted by Crippen LogP contribution is -1.96. The Morgan fingerprint density at radius 3 is 1.33 bits per heavy atom. The molecule has 212 valence electrons. The standard InChI is InChI=1S/C42H24N4/c1-2-12-28-27(11-1)41(35-23-43-37-15-3-5-19-45(35)37)33-21-31-29-13-7-9-25-17-18-26-10-8-14-30(40(26)39(25)29)32(31)22-34(33)42(28)36-24-44-38-16-4-6-20-46(36)38/h1-24H. The minimum atomic E-state index is 0.934. The van der Waals surface area contributed by atoms with Crippen LogP contribution in [0.2, 0.25) is 0 Å². The highest BCUT2D eigenvalue weighted by atomic mass is 15.0. The maximum atomic E-state index is 4.85. The first-order valence-corrected chi connectivity index (χ1v) is 15.7. The topological polar surface area (TPSA) is 34.6 Å². The summed E-state index contributed by atoms with van der Waals surface area (Å²) in [6.07, 6.45) is 8.29. The van der Waals surface area contributed by atoms with Crippen LogP contribution in [-0.2, 0) is 0 Å². The Balaban J connectivity index is 1.44. The van der Waals surface area contributed by atoms with E-state index in [1.54, 1.807) is 0 Å². The Morgan fingerprint density at radius 1 is 0.370 bits per heavy atom. The van der Waals surface area contributed by atoms with E-state index in [-0.39, 0.29) is 0 Å². The second kappa shape index (κ2) is 8.68. The highest BCUT2D eigenvalue weighted by Gasteiger charge is 2.23. The molecule has 0 saturated heterocycles. The SMILES string of the molecule is c1ccc2c(-c3cnc4ccccn34)c3cc4c(cc3c(-c3cnc5ccccn35)c2c1)c1cccc2ccc3cccc4c3c21. The molecule has 0 N–H and O–H groups in total. The van der Waals surface area contributed by atoms with E-state index in [1.165, 1.54) is 75.8 Å². The van der Waals surface area contributed by atoms with Crippen molar-refractivity contribution in [3.63, 3.8) is 0 Å². The maximum absolute atomic E-state index is 4.85. The summed E-state index contributed by atoms with van der Waals surface area (Å²) in [5.74, 6) is 0. The second-order valence-electron chi connectivity index (χ2n) is 12.3. The second-order valence-corrected chi connectivity index (χ2v) is 12.3. The molecule has 0 unspecified atom stereocenters. The van der Waals surface area contributed by atoms with E-state index in [4.69, 9.17) is 9.97 Å².